The SMILES string of the molecule is Cc1noc(C)c1CC(C)NC(=O)C(C)(N)c1ccc(Br)cc1. The van der Waals surface area contributed by atoms with Gasteiger partial charge in [-0.1, -0.05) is 33.2 Å². The highest BCUT2D eigenvalue weighted by atomic mass is 79.9. The van der Waals surface area contributed by atoms with E-state index in [1.807, 2.05) is 45.0 Å². The van der Waals surface area contributed by atoms with Crippen molar-refractivity contribution in [3.8, 4) is 0 Å². The van der Waals surface area contributed by atoms with Crippen molar-refractivity contribution >= 4 is 21.8 Å². The van der Waals surface area contributed by atoms with Crippen LogP contribution in [0.15, 0.2) is 33.3 Å². The van der Waals surface area contributed by atoms with E-state index in [-0.39, 0.29) is 11.9 Å². The molecule has 0 spiro atoms. The van der Waals surface area contributed by atoms with Crippen LogP contribution in [0.5, 0.6) is 0 Å². The number of aryl methyl sites for hydroxylation is 2. The Bertz CT molecular complexity index is 673. The van der Waals surface area contributed by atoms with Gasteiger partial charge in [-0.05, 0) is 51.8 Å². The number of rotatable bonds is 5. The zero-order valence-electron chi connectivity index (χ0n) is 13.8. The van der Waals surface area contributed by atoms with E-state index in [9.17, 15) is 4.79 Å². The molecule has 5 nitrogen and oxygen atoms in total. The van der Waals surface area contributed by atoms with Crippen LogP contribution in [-0.2, 0) is 16.8 Å². The fourth-order valence-electron chi connectivity index (χ4n) is 2.45. The van der Waals surface area contributed by atoms with Gasteiger partial charge in [-0.3, -0.25) is 4.79 Å². The maximum absolute atomic E-state index is 12.6. The predicted octanol–water partition coefficient (Wildman–Crippen LogP) is 2.98. The van der Waals surface area contributed by atoms with Gasteiger partial charge >= 0.3 is 0 Å². The van der Waals surface area contributed by atoms with E-state index in [0.29, 0.717) is 6.42 Å². The van der Waals surface area contributed by atoms with E-state index in [1.165, 1.54) is 0 Å². The van der Waals surface area contributed by atoms with E-state index in [4.69, 9.17) is 10.3 Å². The lowest BCUT2D eigenvalue weighted by atomic mass is 9.91. The van der Waals surface area contributed by atoms with Crippen LogP contribution >= 0.6 is 15.9 Å². The van der Waals surface area contributed by atoms with Crippen molar-refractivity contribution in [1.82, 2.24) is 10.5 Å². The van der Waals surface area contributed by atoms with Crippen LogP contribution < -0.4 is 11.1 Å². The number of carbonyl (C=O) groups excluding carboxylic acids is 1. The number of aromatic nitrogens is 1. The summed E-state index contributed by atoms with van der Waals surface area (Å²) >= 11 is 3.38. The molecular formula is C17H22BrN3O2. The van der Waals surface area contributed by atoms with E-state index in [0.717, 1.165) is 27.1 Å². The Morgan fingerprint density at radius 1 is 1.39 bits per heavy atom. The van der Waals surface area contributed by atoms with Crippen LogP contribution in [0, 0.1) is 13.8 Å². The summed E-state index contributed by atoms with van der Waals surface area (Å²) in [6, 6.07) is 7.38. The van der Waals surface area contributed by atoms with Crippen molar-refractivity contribution in [2.24, 2.45) is 5.73 Å². The number of hydrogen-bond acceptors (Lipinski definition) is 4. The maximum atomic E-state index is 12.6. The quantitative estimate of drug-likeness (QED) is 0.836. The molecule has 2 atom stereocenters. The van der Waals surface area contributed by atoms with Gasteiger partial charge in [0.05, 0.1) is 5.69 Å². The highest BCUT2D eigenvalue weighted by Crippen LogP contribution is 2.21. The van der Waals surface area contributed by atoms with Gasteiger partial charge in [-0.15, -0.1) is 0 Å². The summed E-state index contributed by atoms with van der Waals surface area (Å²) in [7, 11) is 0. The molecule has 1 aromatic carbocycles. The highest BCUT2D eigenvalue weighted by molar-refractivity contribution is 9.10. The molecule has 0 aliphatic rings. The summed E-state index contributed by atoms with van der Waals surface area (Å²) in [4.78, 5) is 12.6. The Morgan fingerprint density at radius 3 is 2.52 bits per heavy atom. The Hall–Kier alpha value is -1.66. The Balaban J connectivity index is 2.06. The van der Waals surface area contributed by atoms with Gasteiger partial charge in [0.15, 0.2) is 0 Å². The number of nitrogens with two attached hydrogens (primary N) is 1. The third-order valence-corrected chi connectivity index (χ3v) is 4.51. The van der Waals surface area contributed by atoms with E-state index < -0.39 is 5.54 Å². The van der Waals surface area contributed by atoms with E-state index >= 15 is 0 Å². The molecule has 0 saturated carbocycles. The van der Waals surface area contributed by atoms with Crippen molar-refractivity contribution in [2.75, 3.05) is 0 Å². The van der Waals surface area contributed by atoms with Crippen molar-refractivity contribution in [3.63, 3.8) is 0 Å². The molecule has 2 unspecified atom stereocenters. The molecule has 23 heavy (non-hydrogen) atoms. The lowest BCUT2D eigenvalue weighted by Gasteiger charge is -2.26. The molecule has 1 heterocycles. The van der Waals surface area contributed by atoms with Crippen molar-refractivity contribution in [1.29, 1.82) is 0 Å². The minimum Gasteiger partial charge on any atom is -0.361 e. The zero-order valence-corrected chi connectivity index (χ0v) is 15.4. The van der Waals surface area contributed by atoms with Gasteiger partial charge in [-0.2, -0.15) is 0 Å². The van der Waals surface area contributed by atoms with Crippen LogP contribution in [0.4, 0.5) is 0 Å². The molecule has 124 valence electrons. The second-order valence-electron chi connectivity index (χ2n) is 6.09. The molecular weight excluding hydrogens is 358 g/mol. The van der Waals surface area contributed by atoms with Gasteiger partial charge in [-0.25, -0.2) is 0 Å². The summed E-state index contributed by atoms with van der Waals surface area (Å²) in [5.74, 6) is 0.575. The summed E-state index contributed by atoms with van der Waals surface area (Å²) in [6.07, 6.45) is 0.656. The number of hydrogen-bond donors (Lipinski definition) is 2. The summed E-state index contributed by atoms with van der Waals surface area (Å²) < 4.78 is 6.11. The average molecular weight is 380 g/mol. The predicted molar refractivity (Wildman–Crippen MR) is 93.0 cm³/mol. The first kappa shape index (κ1) is 17.7. The fraction of sp³-hybridized carbons (Fsp3) is 0.412. The van der Waals surface area contributed by atoms with Crippen LogP contribution in [0.2, 0.25) is 0 Å². The third-order valence-electron chi connectivity index (χ3n) is 3.98. The van der Waals surface area contributed by atoms with Gasteiger partial charge in [0, 0.05) is 16.1 Å². The second kappa shape index (κ2) is 6.84. The Morgan fingerprint density at radius 2 is 2.00 bits per heavy atom. The molecule has 2 rings (SSSR count). The lowest BCUT2D eigenvalue weighted by Crippen LogP contribution is -2.51. The second-order valence-corrected chi connectivity index (χ2v) is 7.01. The number of benzene rings is 1. The molecule has 0 aliphatic carbocycles. The number of halogens is 1. The number of nitrogens with one attached hydrogen (secondary N) is 1. The highest BCUT2D eigenvalue weighted by Gasteiger charge is 2.31. The minimum atomic E-state index is -1.09. The van der Waals surface area contributed by atoms with E-state index in [1.54, 1.807) is 6.92 Å². The molecule has 1 amide bonds. The maximum Gasteiger partial charge on any atom is 0.244 e. The monoisotopic (exact) mass is 379 g/mol. The van der Waals surface area contributed by atoms with Crippen LogP contribution in [0.3, 0.4) is 0 Å². The Labute approximate surface area is 144 Å². The molecule has 2 aromatic rings. The van der Waals surface area contributed by atoms with E-state index in [2.05, 4.69) is 26.4 Å². The van der Waals surface area contributed by atoms with Crippen molar-refractivity contribution < 1.29 is 9.32 Å². The summed E-state index contributed by atoms with van der Waals surface area (Å²) in [5.41, 5.74) is 7.81. The lowest BCUT2D eigenvalue weighted by molar-refractivity contribution is -0.126. The first-order chi connectivity index (χ1) is 10.7. The molecule has 0 radical (unpaired) electrons. The number of amides is 1. The molecule has 6 heteroatoms. The molecule has 0 saturated heterocycles. The number of carbonyl (C=O) groups is 1. The largest absolute Gasteiger partial charge is 0.361 e. The summed E-state index contributed by atoms with van der Waals surface area (Å²) in [5, 5.41) is 6.92. The van der Waals surface area contributed by atoms with Crippen LogP contribution in [0.25, 0.3) is 0 Å². The molecule has 0 bridgehead atoms. The van der Waals surface area contributed by atoms with Crippen LogP contribution in [-0.4, -0.2) is 17.1 Å². The fourth-order valence-corrected chi connectivity index (χ4v) is 2.72. The van der Waals surface area contributed by atoms with Crippen LogP contribution in [0.1, 0.15) is 36.4 Å². The standard InChI is InChI=1S/C17H22BrN3O2/c1-10(9-15-11(2)21-23-12(15)3)20-16(22)17(4,19)13-5-7-14(18)8-6-13/h5-8,10H,9,19H2,1-4H3,(H,20,22). The van der Waals surface area contributed by atoms with Gasteiger partial charge in [0.1, 0.15) is 11.3 Å². The Kier molecular flexibility index (Phi) is 5.26. The molecule has 0 aliphatic heterocycles. The van der Waals surface area contributed by atoms with Gasteiger partial charge in [0.2, 0.25) is 5.91 Å². The normalized spacial score (nSPS) is 15.0. The molecule has 0 fully saturated rings. The smallest absolute Gasteiger partial charge is 0.244 e. The average Bonchev–Trinajstić information content (AvgIpc) is 2.79. The van der Waals surface area contributed by atoms with Crippen molar-refractivity contribution in [3.05, 3.63) is 51.3 Å². The van der Waals surface area contributed by atoms with Gasteiger partial charge in [0.25, 0.3) is 0 Å². The molecule has 3 N–H and O–H groups in total. The number of nitrogens with zero attached hydrogens (tertiary/aromatic N) is 1. The van der Waals surface area contributed by atoms with Crippen molar-refractivity contribution in [2.45, 2.75) is 45.7 Å². The summed E-state index contributed by atoms with van der Waals surface area (Å²) in [6.45, 7) is 7.43. The zero-order chi connectivity index (χ0) is 17.2. The topological polar surface area (TPSA) is 81.2 Å². The third kappa shape index (κ3) is 4.00. The first-order valence-corrected chi connectivity index (χ1v) is 8.28. The van der Waals surface area contributed by atoms with Gasteiger partial charge < -0.3 is 15.6 Å². The molecule has 1 aromatic heterocycles. The minimum absolute atomic E-state index is 0.0716. The first-order valence-electron chi connectivity index (χ1n) is 7.49.